The molecule has 3 aromatic rings. The number of hydrogen-bond acceptors (Lipinski definition) is 2. The van der Waals surface area contributed by atoms with E-state index in [0.717, 1.165) is 16.9 Å². The van der Waals surface area contributed by atoms with Gasteiger partial charge >= 0.3 is 0 Å². The number of rotatable bonds is 2. The maximum absolute atomic E-state index is 4.64. The minimum absolute atomic E-state index is 0.979. The number of pyridine rings is 1. The van der Waals surface area contributed by atoms with Gasteiger partial charge in [-0.05, 0) is 46.9 Å². The minimum Gasteiger partial charge on any atom is -0.378 e. The fraction of sp³-hybridized carbons (Fsp3) is 0.133. The van der Waals surface area contributed by atoms with Crippen LogP contribution < -0.4 is 4.90 Å². The highest BCUT2D eigenvalue weighted by Crippen LogP contribution is 2.22. The van der Waals surface area contributed by atoms with E-state index < -0.39 is 0 Å². The van der Waals surface area contributed by atoms with E-state index in [1.54, 1.807) is 0 Å². The van der Waals surface area contributed by atoms with Crippen molar-refractivity contribution in [1.29, 1.82) is 0 Å². The van der Waals surface area contributed by atoms with Gasteiger partial charge in [-0.25, -0.2) is 4.98 Å². The molecule has 0 radical (unpaired) electrons. The molecule has 2 aromatic heterocycles. The van der Waals surface area contributed by atoms with E-state index in [9.17, 15) is 0 Å². The van der Waals surface area contributed by atoms with Crippen molar-refractivity contribution in [3.63, 3.8) is 0 Å². The summed E-state index contributed by atoms with van der Waals surface area (Å²) in [5.41, 5.74) is 4.32. The fourth-order valence-corrected chi connectivity index (χ4v) is 2.51. The van der Waals surface area contributed by atoms with E-state index in [1.807, 2.05) is 20.2 Å². The summed E-state index contributed by atoms with van der Waals surface area (Å²) in [5, 5.41) is 0. The van der Waals surface area contributed by atoms with Crippen molar-refractivity contribution in [3.8, 4) is 11.3 Å². The van der Waals surface area contributed by atoms with E-state index in [1.165, 1.54) is 9.26 Å². The maximum atomic E-state index is 4.64. The Hall–Kier alpha value is -1.56. The highest BCUT2D eigenvalue weighted by molar-refractivity contribution is 14.1. The third-order valence-corrected chi connectivity index (χ3v) is 3.73. The van der Waals surface area contributed by atoms with E-state index >= 15 is 0 Å². The molecule has 0 aliphatic rings. The molecule has 3 nitrogen and oxygen atoms in total. The van der Waals surface area contributed by atoms with E-state index in [-0.39, 0.29) is 0 Å². The summed E-state index contributed by atoms with van der Waals surface area (Å²) in [6, 6.07) is 12.6. The molecule has 0 amide bonds. The molecule has 3 rings (SSSR count). The van der Waals surface area contributed by atoms with Gasteiger partial charge < -0.3 is 9.30 Å². The Morgan fingerprint density at radius 1 is 1.00 bits per heavy atom. The standard InChI is InChI=1S/C15H14IN3/c1-18(2)13-6-3-11(4-7-13)14-10-19-9-12(16)5-8-15(19)17-14/h3-10H,1-2H3/i16-4. The van der Waals surface area contributed by atoms with Crippen LogP contribution in [0.25, 0.3) is 16.9 Å². The number of halogens is 1. The number of imidazole rings is 1. The van der Waals surface area contributed by atoms with Crippen molar-refractivity contribution < 1.29 is 0 Å². The van der Waals surface area contributed by atoms with Gasteiger partial charge in [0.25, 0.3) is 0 Å². The van der Waals surface area contributed by atoms with Crippen LogP contribution in [0.15, 0.2) is 48.8 Å². The van der Waals surface area contributed by atoms with Gasteiger partial charge in [-0.15, -0.1) is 0 Å². The van der Waals surface area contributed by atoms with Crippen molar-refractivity contribution in [1.82, 2.24) is 9.38 Å². The normalized spacial score (nSPS) is 10.9. The second-order valence-corrected chi connectivity index (χ2v) is 5.93. The van der Waals surface area contributed by atoms with Crippen LogP contribution in [0, 0.1) is 3.57 Å². The van der Waals surface area contributed by atoms with E-state index in [4.69, 9.17) is 0 Å². The molecule has 0 bridgehead atoms. The molecule has 0 atom stereocenters. The summed E-state index contributed by atoms with van der Waals surface area (Å²) in [6.07, 6.45) is 4.16. The van der Waals surface area contributed by atoms with Crippen LogP contribution in [0.3, 0.4) is 0 Å². The molecule has 1 aromatic carbocycles. The maximum Gasteiger partial charge on any atom is 0.137 e. The van der Waals surface area contributed by atoms with Gasteiger partial charge in [-0.1, -0.05) is 12.1 Å². The summed E-state index contributed by atoms with van der Waals surface area (Å²) in [5.74, 6) is 0. The minimum atomic E-state index is 0.979. The summed E-state index contributed by atoms with van der Waals surface area (Å²) in [7, 11) is 4.09. The average Bonchev–Trinajstić information content (AvgIpc) is 2.81. The Kier molecular flexibility index (Phi) is 3.18. The first-order chi connectivity index (χ1) is 9.13. The zero-order chi connectivity index (χ0) is 13.4. The number of aromatic nitrogens is 2. The third kappa shape index (κ3) is 2.45. The molecule has 0 aliphatic carbocycles. The molecule has 0 N–H and O–H groups in total. The van der Waals surface area contributed by atoms with Crippen LogP contribution in [0.1, 0.15) is 0 Å². The molecule has 19 heavy (non-hydrogen) atoms. The van der Waals surface area contributed by atoms with Crippen LogP contribution in [-0.2, 0) is 0 Å². The third-order valence-electron chi connectivity index (χ3n) is 3.09. The molecule has 96 valence electrons. The van der Waals surface area contributed by atoms with Crippen LogP contribution in [0.5, 0.6) is 0 Å². The molecule has 2 heterocycles. The molecule has 0 saturated heterocycles. The first-order valence-corrected chi connectivity index (χ1v) is 7.13. The lowest BCUT2D eigenvalue weighted by Gasteiger charge is -2.12. The number of anilines is 1. The molecule has 0 aliphatic heterocycles. The highest BCUT2D eigenvalue weighted by Gasteiger charge is 2.05. The van der Waals surface area contributed by atoms with Crippen LogP contribution in [0.2, 0.25) is 0 Å². The monoisotopic (exact) mass is 359 g/mol. The summed E-state index contributed by atoms with van der Waals surface area (Å²) < 4.78 is 3.27. The summed E-state index contributed by atoms with van der Waals surface area (Å²) in [4.78, 5) is 6.74. The van der Waals surface area contributed by atoms with Crippen LogP contribution in [0.4, 0.5) is 5.69 Å². The molecule has 0 saturated carbocycles. The quantitative estimate of drug-likeness (QED) is 0.651. The number of nitrogens with zero attached hydrogens (tertiary/aromatic N) is 3. The largest absolute Gasteiger partial charge is 0.378 e. The van der Waals surface area contributed by atoms with Gasteiger partial charge in [-0.3, -0.25) is 0 Å². The summed E-state index contributed by atoms with van der Waals surface area (Å²) in [6.45, 7) is 0. The lowest BCUT2D eigenvalue weighted by molar-refractivity contribution is 1.13. The highest BCUT2D eigenvalue weighted by atomic mass is 123. The van der Waals surface area contributed by atoms with Crippen molar-refractivity contribution >= 4 is 33.9 Å². The van der Waals surface area contributed by atoms with Gasteiger partial charge in [0.2, 0.25) is 0 Å². The zero-order valence-corrected chi connectivity index (χ0v) is 13.0. The van der Waals surface area contributed by atoms with Crippen LogP contribution in [-0.4, -0.2) is 23.5 Å². The van der Waals surface area contributed by atoms with Crippen molar-refractivity contribution in [3.05, 3.63) is 52.4 Å². The molecule has 0 spiro atoms. The molecule has 4 heteroatoms. The Labute approximate surface area is 126 Å². The molecular weight excluding hydrogens is 345 g/mol. The fourth-order valence-electron chi connectivity index (χ4n) is 2.03. The predicted octanol–water partition coefficient (Wildman–Crippen LogP) is 3.67. The van der Waals surface area contributed by atoms with E-state index in [2.05, 4.69) is 79.6 Å². The van der Waals surface area contributed by atoms with E-state index in [0.29, 0.717) is 0 Å². The summed E-state index contributed by atoms with van der Waals surface area (Å²) >= 11 is 2.31. The van der Waals surface area contributed by atoms with Crippen molar-refractivity contribution in [2.45, 2.75) is 0 Å². The Morgan fingerprint density at radius 3 is 2.42 bits per heavy atom. The number of hydrogen-bond donors (Lipinski definition) is 0. The van der Waals surface area contributed by atoms with Gasteiger partial charge in [0, 0.05) is 41.3 Å². The van der Waals surface area contributed by atoms with Crippen molar-refractivity contribution in [2.24, 2.45) is 0 Å². The lowest BCUT2D eigenvalue weighted by Crippen LogP contribution is -2.07. The SMILES string of the molecule is CN(C)c1ccc(-c2cn3cc([123I])ccc3n2)cc1. The van der Waals surface area contributed by atoms with Gasteiger partial charge in [-0.2, -0.15) is 0 Å². The smallest absolute Gasteiger partial charge is 0.137 e. The zero-order valence-electron chi connectivity index (χ0n) is 10.8. The van der Waals surface area contributed by atoms with Crippen LogP contribution >= 0.6 is 22.6 Å². The first-order valence-electron chi connectivity index (χ1n) is 6.05. The molecule has 0 unspecified atom stereocenters. The Balaban J connectivity index is 2.03. The topological polar surface area (TPSA) is 20.5 Å². The average molecular weight is 359 g/mol. The lowest BCUT2D eigenvalue weighted by atomic mass is 10.1. The second kappa shape index (κ2) is 4.85. The molecule has 0 fully saturated rings. The second-order valence-electron chi connectivity index (χ2n) is 4.68. The van der Waals surface area contributed by atoms with Gasteiger partial charge in [0.05, 0.1) is 5.69 Å². The molecular formula is C15H14IN3. The first kappa shape index (κ1) is 12.5. The van der Waals surface area contributed by atoms with Crippen molar-refractivity contribution in [2.75, 3.05) is 19.0 Å². The van der Waals surface area contributed by atoms with Gasteiger partial charge in [0.15, 0.2) is 0 Å². The predicted molar refractivity (Wildman–Crippen MR) is 87.7 cm³/mol. The Bertz CT molecular complexity index is 714. The Morgan fingerprint density at radius 2 is 1.74 bits per heavy atom. The number of benzene rings is 1. The van der Waals surface area contributed by atoms with Gasteiger partial charge in [0.1, 0.15) is 5.65 Å². The number of fused-ring (bicyclic) bond motifs is 1.